The highest BCUT2D eigenvalue weighted by atomic mass is 19.4. The number of nitrogens with one attached hydrogen (secondary N) is 2. The molecule has 1 aliphatic rings. The summed E-state index contributed by atoms with van der Waals surface area (Å²) >= 11 is 0. The van der Waals surface area contributed by atoms with Gasteiger partial charge < -0.3 is 19.5 Å². The molecule has 1 fully saturated rings. The number of rotatable bonds is 6. The number of H-pyrrole nitrogens is 1. The first kappa shape index (κ1) is 29.1. The van der Waals surface area contributed by atoms with E-state index in [2.05, 4.69) is 35.6 Å². The number of pyridine rings is 1. The number of anilines is 1. The first-order valence-corrected chi connectivity index (χ1v) is 14.1. The summed E-state index contributed by atoms with van der Waals surface area (Å²) in [5.74, 6) is 0.560. The van der Waals surface area contributed by atoms with Crippen molar-refractivity contribution in [3.05, 3.63) is 71.2 Å². The summed E-state index contributed by atoms with van der Waals surface area (Å²) in [6, 6.07) is 12.3. The van der Waals surface area contributed by atoms with Gasteiger partial charge in [-0.05, 0) is 51.3 Å². The molecule has 6 rings (SSSR count). The van der Waals surface area contributed by atoms with Gasteiger partial charge in [0.1, 0.15) is 23.6 Å². The van der Waals surface area contributed by atoms with E-state index in [1.807, 2.05) is 37.3 Å². The minimum atomic E-state index is -4.73. The summed E-state index contributed by atoms with van der Waals surface area (Å²) in [7, 11) is 0. The summed E-state index contributed by atoms with van der Waals surface area (Å²) < 4.78 is 53.1. The van der Waals surface area contributed by atoms with Crippen LogP contribution in [0, 0.1) is 13.8 Å². The number of halogens is 3. The molecule has 4 aromatic heterocycles. The summed E-state index contributed by atoms with van der Waals surface area (Å²) in [6.07, 6.45) is -3.12. The molecule has 2 N–H and O–H groups in total. The lowest BCUT2D eigenvalue weighted by molar-refractivity contribution is -0.137. The Morgan fingerprint density at radius 1 is 1.14 bits per heavy atom. The minimum absolute atomic E-state index is 0.00629. The number of aryl methyl sites for hydroxylation is 2. The number of ether oxygens (including phenoxy) is 1. The van der Waals surface area contributed by atoms with Crippen molar-refractivity contribution in [2.24, 2.45) is 0 Å². The molecule has 0 aliphatic carbocycles. The molecule has 5 heterocycles. The van der Waals surface area contributed by atoms with Crippen LogP contribution in [-0.2, 0) is 17.5 Å². The lowest BCUT2D eigenvalue weighted by Gasteiger charge is -2.37. The highest BCUT2D eigenvalue weighted by Gasteiger charge is 2.37. The lowest BCUT2D eigenvalue weighted by atomic mass is 10.00. The van der Waals surface area contributed by atoms with E-state index < -0.39 is 17.8 Å². The summed E-state index contributed by atoms with van der Waals surface area (Å²) in [5, 5.41) is 14.3. The van der Waals surface area contributed by atoms with Crippen molar-refractivity contribution in [3.63, 3.8) is 0 Å². The van der Waals surface area contributed by atoms with Crippen molar-refractivity contribution in [1.29, 1.82) is 0 Å². The number of nitrogens with zero attached hydrogens (tertiary/aromatic N) is 6. The van der Waals surface area contributed by atoms with Crippen LogP contribution in [0.3, 0.4) is 0 Å². The van der Waals surface area contributed by atoms with Gasteiger partial charge >= 0.3 is 12.3 Å². The molecule has 0 unspecified atom stereocenters. The normalized spacial score (nSPS) is 17.2. The van der Waals surface area contributed by atoms with Crippen LogP contribution < -0.4 is 5.32 Å². The minimum Gasteiger partial charge on any atom is -0.445 e. The quantitative estimate of drug-likeness (QED) is 0.228. The average molecular weight is 607 g/mol. The van der Waals surface area contributed by atoms with E-state index in [4.69, 9.17) is 9.26 Å². The number of hydrogen-bond acceptors (Lipinski definition) is 9. The number of fused-ring (bicyclic) bond motifs is 1. The lowest BCUT2D eigenvalue weighted by Crippen LogP contribution is -2.50. The van der Waals surface area contributed by atoms with E-state index in [-0.39, 0.29) is 48.2 Å². The highest BCUT2D eigenvalue weighted by molar-refractivity contribution is 5.92. The number of hydrogen-bond donors (Lipinski definition) is 2. The number of amides is 1. The zero-order valence-electron chi connectivity index (χ0n) is 24.1. The van der Waals surface area contributed by atoms with Crippen molar-refractivity contribution in [2.75, 3.05) is 11.9 Å². The van der Waals surface area contributed by atoms with E-state index in [1.165, 1.54) is 0 Å². The fraction of sp³-hybridized carbons (Fsp3) is 0.333. The zero-order valence-corrected chi connectivity index (χ0v) is 24.1. The van der Waals surface area contributed by atoms with Crippen LogP contribution >= 0.6 is 0 Å². The van der Waals surface area contributed by atoms with E-state index in [0.717, 1.165) is 11.8 Å². The number of aromatic nitrogens is 6. The van der Waals surface area contributed by atoms with Crippen LogP contribution in [0.2, 0.25) is 0 Å². The van der Waals surface area contributed by atoms with Crippen molar-refractivity contribution in [1.82, 2.24) is 35.2 Å². The van der Waals surface area contributed by atoms with Crippen molar-refractivity contribution in [2.45, 2.75) is 58.5 Å². The molecular formula is C30H29F3N8O3. The van der Waals surface area contributed by atoms with Crippen molar-refractivity contribution in [3.8, 4) is 22.6 Å². The Bertz CT molecular complexity index is 1790. The Labute approximate surface area is 249 Å². The van der Waals surface area contributed by atoms with Gasteiger partial charge in [-0.25, -0.2) is 19.7 Å². The van der Waals surface area contributed by atoms with Crippen LogP contribution in [0.25, 0.3) is 33.7 Å². The molecule has 44 heavy (non-hydrogen) atoms. The fourth-order valence-corrected chi connectivity index (χ4v) is 5.38. The van der Waals surface area contributed by atoms with E-state index in [9.17, 15) is 18.0 Å². The average Bonchev–Trinajstić information content (AvgIpc) is 3.58. The molecule has 14 heteroatoms. The molecule has 2 atom stereocenters. The molecule has 0 bridgehead atoms. The maximum absolute atomic E-state index is 14.1. The molecule has 0 spiro atoms. The second-order valence-corrected chi connectivity index (χ2v) is 10.8. The number of likely N-dealkylation sites (tertiary alicyclic amines) is 1. The van der Waals surface area contributed by atoms with Gasteiger partial charge in [0.25, 0.3) is 0 Å². The Morgan fingerprint density at radius 2 is 1.93 bits per heavy atom. The third-order valence-corrected chi connectivity index (χ3v) is 7.69. The molecule has 1 saturated heterocycles. The van der Waals surface area contributed by atoms with Gasteiger partial charge in [0.05, 0.1) is 22.6 Å². The molecule has 0 radical (unpaired) electrons. The standard InChI is InChI=1S/C30H29F3N8O3/c1-16-9-10-20(14-41(16)29(42)43-15-19-7-5-4-6-8-19)35-28-34-13-22(30(31,32)33)26(37-28)25-21-11-12-23(36-27(21)39-38-25)24-17(2)40-44-18(24)3/h4-8,11-13,16,20H,9-10,14-15H2,1-3H3,(H,34,35,37)(H,36,38,39)/t16-,20-/m1/s1. The molecule has 228 valence electrons. The van der Waals surface area contributed by atoms with Crippen molar-refractivity contribution >= 4 is 23.1 Å². The summed E-state index contributed by atoms with van der Waals surface area (Å²) in [5.41, 5.74) is 1.61. The van der Waals surface area contributed by atoms with Gasteiger partial charge in [-0.1, -0.05) is 35.5 Å². The Morgan fingerprint density at radius 3 is 2.66 bits per heavy atom. The molecule has 1 amide bonds. The number of carbonyl (C=O) groups excluding carboxylic acids is 1. The Hall–Kier alpha value is -5.01. The van der Waals surface area contributed by atoms with Gasteiger partial charge in [-0.15, -0.1) is 0 Å². The summed E-state index contributed by atoms with van der Waals surface area (Å²) in [6.45, 7) is 5.87. The van der Waals surface area contributed by atoms with E-state index >= 15 is 0 Å². The van der Waals surface area contributed by atoms with Crippen LogP contribution in [0.1, 0.15) is 42.3 Å². The zero-order chi connectivity index (χ0) is 31.0. The molecule has 5 aromatic rings. The van der Waals surface area contributed by atoms with Crippen molar-refractivity contribution < 1.29 is 27.2 Å². The first-order chi connectivity index (χ1) is 21.1. The van der Waals surface area contributed by atoms with E-state index in [0.29, 0.717) is 40.9 Å². The van der Waals surface area contributed by atoms with Gasteiger partial charge in [-0.3, -0.25) is 5.10 Å². The predicted molar refractivity (Wildman–Crippen MR) is 154 cm³/mol. The van der Waals surface area contributed by atoms with Crippen LogP contribution in [0.15, 0.2) is 53.2 Å². The molecule has 11 nitrogen and oxygen atoms in total. The number of piperidine rings is 1. The second kappa shape index (κ2) is 11.6. The Kier molecular flexibility index (Phi) is 7.66. The fourth-order valence-electron chi connectivity index (χ4n) is 5.38. The SMILES string of the molecule is Cc1noc(C)c1-c1ccc2c(-c3nc(N[C@@H]4CC[C@@H](C)N(C(=O)OCc5ccccc5)C4)ncc3C(F)(F)F)[nH]nc2n1. The second-order valence-electron chi connectivity index (χ2n) is 10.8. The third kappa shape index (κ3) is 5.79. The maximum atomic E-state index is 14.1. The topological polar surface area (TPSA) is 135 Å². The predicted octanol–water partition coefficient (Wildman–Crippen LogP) is 6.31. The van der Waals surface area contributed by atoms with Crippen LogP contribution in [0.4, 0.5) is 23.9 Å². The first-order valence-electron chi connectivity index (χ1n) is 14.1. The smallest absolute Gasteiger partial charge is 0.420 e. The van der Waals surface area contributed by atoms with E-state index in [1.54, 1.807) is 30.9 Å². The van der Waals surface area contributed by atoms with Gasteiger partial charge in [0.2, 0.25) is 5.95 Å². The number of aromatic amines is 1. The highest BCUT2D eigenvalue weighted by Crippen LogP contribution is 2.38. The van der Waals surface area contributed by atoms with Crippen LogP contribution in [0.5, 0.6) is 0 Å². The number of alkyl halides is 3. The number of carbonyl (C=O) groups is 1. The largest absolute Gasteiger partial charge is 0.445 e. The van der Waals surface area contributed by atoms with Crippen LogP contribution in [-0.4, -0.2) is 59.9 Å². The maximum Gasteiger partial charge on any atom is 0.420 e. The molecular weight excluding hydrogens is 577 g/mol. The summed E-state index contributed by atoms with van der Waals surface area (Å²) in [4.78, 5) is 27.3. The molecule has 0 saturated carbocycles. The third-order valence-electron chi connectivity index (χ3n) is 7.69. The molecule has 1 aliphatic heterocycles. The monoisotopic (exact) mass is 606 g/mol. The van der Waals surface area contributed by atoms with Gasteiger partial charge in [0.15, 0.2) is 5.65 Å². The van der Waals surface area contributed by atoms with Gasteiger partial charge in [0, 0.05) is 30.2 Å². The van der Waals surface area contributed by atoms with Gasteiger partial charge in [-0.2, -0.15) is 18.3 Å². The Balaban J connectivity index is 1.25. The number of benzene rings is 1. The molecule has 1 aromatic carbocycles.